The number of hydrogen-bond acceptors (Lipinski definition) is 5. The van der Waals surface area contributed by atoms with Crippen molar-refractivity contribution in [3.63, 3.8) is 0 Å². The second-order valence-corrected chi connectivity index (χ2v) is 7.77. The van der Waals surface area contributed by atoms with Crippen molar-refractivity contribution >= 4 is 29.2 Å². The maximum absolute atomic E-state index is 12.5. The van der Waals surface area contributed by atoms with Gasteiger partial charge in [0.25, 0.3) is 5.56 Å². The van der Waals surface area contributed by atoms with Gasteiger partial charge in [0.05, 0.1) is 23.3 Å². The van der Waals surface area contributed by atoms with Gasteiger partial charge in [0, 0.05) is 5.56 Å². The van der Waals surface area contributed by atoms with Crippen LogP contribution in [0.3, 0.4) is 0 Å². The molecule has 0 bridgehead atoms. The third-order valence-corrected chi connectivity index (χ3v) is 5.69. The van der Waals surface area contributed by atoms with Crippen molar-refractivity contribution in [1.29, 1.82) is 0 Å². The van der Waals surface area contributed by atoms with Gasteiger partial charge in [-0.3, -0.25) is 9.78 Å². The lowest BCUT2D eigenvalue weighted by Crippen LogP contribution is -2.16. The van der Waals surface area contributed by atoms with Gasteiger partial charge in [-0.25, -0.2) is 9.78 Å². The molecule has 2 heterocycles. The van der Waals surface area contributed by atoms with Gasteiger partial charge in [-0.05, 0) is 49.5 Å². The number of pyridine rings is 1. The minimum absolute atomic E-state index is 0.152. The van der Waals surface area contributed by atoms with Crippen molar-refractivity contribution in [2.75, 3.05) is 6.61 Å². The van der Waals surface area contributed by atoms with E-state index in [4.69, 9.17) is 17.0 Å². The number of aromatic nitrogens is 3. The summed E-state index contributed by atoms with van der Waals surface area (Å²) in [5.74, 6) is 0.0584. The molecule has 0 spiro atoms. The molecule has 0 saturated heterocycles. The van der Waals surface area contributed by atoms with Crippen LogP contribution in [0.25, 0.3) is 22.3 Å². The Morgan fingerprint density at radius 2 is 1.90 bits per heavy atom. The Kier molecular flexibility index (Phi) is 5.58. The molecule has 6 nitrogen and oxygen atoms in total. The minimum Gasteiger partial charge on any atom is -0.462 e. The molecule has 4 rings (SSSR count). The van der Waals surface area contributed by atoms with Gasteiger partial charge >= 0.3 is 5.97 Å². The number of H-pyrrole nitrogens is 2. The highest BCUT2D eigenvalue weighted by Crippen LogP contribution is 2.33. The number of nitrogens with zero attached hydrogens (tertiary/aromatic N) is 1. The molecule has 2 N–H and O–H groups in total. The fourth-order valence-corrected chi connectivity index (χ4v) is 4.24. The fraction of sp³-hybridized carbons (Fsp3) is 0.364. The van der Waals surface area contributed by atoms with Gasteiger partial charge in [0.2, 0.25) is 0 Å². The highest BCUT2D eigenvalue weighted by atomic mass is 32.1. The standard InChI is InChI=1S/C22H23N3O3S/c1-2-28-21(27)16-12-17(23-19-18(16)20(26)25-22(29)24-19)15-10-8-14(9-11-15)13-6-4-3-5-7-13/h8-13H,2-7H2,1H3,(H2,23,24,25,26,29). The SMILES string of the molecule is CCOC(=O)c1cc(-c2ccc(C3CCCCC3)cc2)nc2[nH]c(=S)[nH]c(=O)c12. The highest BCUT2D eigenvalue weighted by Gasteiger charge is 2.19. The first-order valence-electron chi connectivity index (χ1n) is 10.0. The Hall–Kier alpha value is -2.80. The minimum atomic E-state index is -0.559. The molecular weight excluding hydrogens is 386 g/mol. The average Bonchev–Trinajstić information content (AvgIpc) is 2.73. The van der Waals surface area contributed by atoms with Crippen LogP contribution in [0.4, 0.5) is 0 Å². The number of nitrogens with one attached hydrogen (secondary N) is 2. The third-order valence-electron chi connectivity index (χ3n) is 5.48. The van der Waals surface area contributed by atoms with Gasteiger partial charge in [0.15, 0.2) is 4.77 Å². The smallest absolute Gasteiger partial charge is 0.339 e. The van der Waals surface area contributed by atoms with E-state index >= 15 is 0 Å². The summed E-state index contributed by atoms with van der Waals surface area (Å²) in [7, 11) is 0. The van der Waals surface area contributed by atoms with E-state index in [0.29, 0.717) is 11.6 Å². The Bertz CT molecular complexity index is 1160. The van der Waals surface area contributed by atoms with Crippen LogP contribution in [0.2, 0.25) is 0 Å². The van der Waals surface area contributed by atoms with Crippen LogP contribution >= 0.6 is 12.2 Å². The molecule has 1 aliphatic rings. The predicted molar refractivity (Wildman–Crippen MR) is 115 cm³/mol. The van der Waals surface area contributed by atoms with Crippen molar-refractivity contribution in [2.45, 2.75) is 44.9 Å². The van der Waals surface area contributed by atoms with E-state index in [9.17, 15) is 9.59 Å². The van der Waals surface area contributed by atoms with E-state index in [1.54, 1.807) is 13.0 Å². The van der Waals surface area contributed by atoms with E-state index in [1.165, 1.54) is 37.7 Å². The predicted octanol–water partition coefficient (Wildman–Crippen LogP) is 4.87. The van der Waals surface area contributed by atoms with Gasteiger partial charge < -0.3 is 9.72 Å². The van der Waals surface area contributed by atoms with Gasteiger partial charge in [-0.2, -0.15) is 0 Å². The number of hydrogen-bond donors (Lipinski definition) is 2. The molecule has 1 fully saturated rings. The first-order valence-corrected chi connectivity index (χ1v) is 10.4. The van der Waals surface area contributed by atoms with E-state index in [-0.39, 0.29) is 28.0 Å². The second kappa shape index (κ2) is 8.29. The zero-order valence-electron chi connectivity index (χ0n) is 16.3. The third kappa shape index (κ3) is 4.00. The van der Waals surface area contributed by atoms with Crippen LogP contribution in [-0.4, -0.2) is 27.5 Å². The van der Waals surface area contributed by atoms with E-state index < -0.39 is 11.5 Å². The molecule has 1 saturated carbocycles. The number of fused-ring (bicyclic) bond motifs is 1. The van der Waals surface area contributed by atoms with Gasteiger partial charge in [-0.15, -0.1) is 0 Å². The van der Waals surface area contributed by atoms with Crippen LogP contribution in [0.5, 0.6) is 0 Å². The molecule has 0 unspecified atom stereocenters. The topological polar surface area (TPSA) is 87.8 Å². The molecule has 3 aromatic rings. The first-order chi connectivity index (χ1) is 14.1. The maximum atomic E-state index is 12.5. The molecule has 0 radical (unpaired) electrons. The summed E-state index contributed by atoms with van der Waals surface area (Å²) in [5.41, 5.74) is 2.80. The van der Waals surface area contributed by atoms with E-state index in [0.717, 1.165) is 5.56 Å². The van der Waals surface area contributed by atoms with Crippen molar-refractivity contribution in [1.82, 2.24) is 15.0 Å². The highest BCUT2D eigenvalue weighted by molar-refractivity contribution is 7.71. The molecule has 7 heteroatoms. The van der Waals surface area contributed by atoms with Crippen molar-refractivity contribution in [3.8, 4) is 11.3 Å². The number of ether oxygens (including phenoxy) is 1. The van der Waals surface area contributed by atoms with E-state index in [1.807, 2.05) is 12.1 Å². The van der Waals surface area contributed by atoms with Crippen LogP contribution in [-0.2, 0) is 4.74 Å². The van der Waals surface area contributed by atoms with Crippen molar-refractivity contribution in [2.24, 2.45) is 0 Å². The van der Waals surface area contributed by atoms with Crippen LogP contribution < -0.4 is 5.56 Å². The summed E-state index contributed by atoms with van der Waals surface area (Å²) < 4.78 is 5.31. The lowest BCUT2D eigenvalue weighted by atomic mass is 9.84. The molecule has 0 atom stereocenters. The van der Waals surface area contributed by atoms with Gasteiger partial charge in [0.1, 0.15) is 5.65 Å². The number of esters is 1. The summed E-state index contributed by atoms with van der Waals surface area (Å²) in [5, 5.41) is 0.152. The summed E-state index contributed by atoms with van der Waals surface area (Å²) in [6, 6.07) is 9.94. The molecule has 0 amide bonds. The summed E-state index contributed by atoms with van der Waals surface area (Å²) in [6.45, 7) is 1.94. The Labute approximate surface area is 173 Å². The van der Waals surface area contributed by atoms with Crippen LogP contribution in [0.15, 0.2) is 35.1 Å². The zero-order chi connectivity index (χ0) is 20.4. The van der Waals surface area contributed by atoms with Crippen LogP contribution in [0.1, 0.15) is 60.9 Å². The largest absolute Gasteiger partial charge is 0.462 e. The number of benzene rings is 1. The molecule has 2 aromatic heterocycles. The first kappa shape index (κ1) is 19.5. The second-order valence-electron chi connectivity index (χ2n) is 7.36. The number of carbonyl (C=O) groups is 1. The number of carbonyl (C=O) groups excluding carboxylic acids is 1. The Morgan fingerprint density at radius 3 is 2.59 bits per heavy atom. The molecule has 29 heavy (non-hydrogen) atoms. The lowest BCUT2D eigenvalue weighted by molar-refractivity contribution is 0.0528. The molecular formula is C22H23N3O3S. The summed E-state index contributed by atoms with van der Waals surface area (Å²) >= 11 is 5.07. The number of rotatable bonds is 4. The quantitative estimate of drug-likeness (QED) is 0.474. The normalized spacial score (nSPS) is 14.8. The van der Waals surface area contributed by atoms with Crippen molar-refractivity contribution in [3.05, 3.63) is 56.6 Å². The number of aromatic amines is 2. The summed E-state index contributed by atoms with van der Waals surface area (Å²) in [4.78, 5) is 34.9. The van der Waals surface area contributed by atoms with Crippen LogP contribution in [0, 0.1) is 4.77 Å². The Balaban J connectivity index is 1.80. The summed E-state index contributed by atoms with van der Waals surface area (Å²) in [6.07, 6.45) is 6.37. The van der Waals surface area contributed by atoms with Gasteiger partial charge in [-0.1, -0.05) is 43.5 Å². The maximum Gasteiger partial charge on any atom is 0.339 e. The fourth-order valence-electron chi connectivity index (χ4n) is 4.05. The van der Waals surface area contributed by atoms with E-state index in [2.05, 4.69) is 27.1 Å². The monoisotopic (exact) mass is 409 g/mol. The lowest BCUT2D eigenvalue weighted by Gasteiger charge is -2.22. The molecule has 150 valence electrons. The average molecular weight is 410 g/mol. The molecule has 0 aliphatic heterocycles. The molecule has 1 aliphatic carbocycles. The Morgan fingerprint density at radius 1 is 1.17 bits per heavy atom. The molecule has 1 aromatic carbocycles. The van der Waals surface area contributed by atoms with Crippen molar-refractivity contribution < 1.29 is 9.53 Å². The zero-order valence-corrected chi connectivity index (χ0v) is 17.1.